The van der Waals surface area contributed by atoms with Crippen LogP contribution >= 0.6 is 0 Å². The van der Waals surface area contributed by atoms with Crippen molar-refractivity contribution in [2.75, 3.05) is 0 Å². The first kappa shape index (κ1) is 15.4. The van der Waals surface area contributed by atoms with Gasteiger partial charge in [-0.2, -0.15) is 0 Å². The van der Waals surface area contributed by atoms with Crippen LogP contribution in [-0.2, 0) is 4.84 Å². The van der Waals surface area contributed by atoms with Gasteiger partial charge in [0.1, 0.15) is 0 Å². The molecule has 3 heteroatoms. The minimum absolute atomic E-state index is 0.0544. The van der Waals surface area contributed by atoms with Crippen LogP contribution in [0.5, 0.6) is 0 Å². The van der Waals surface area contributed by atoms with Crippen molar-refractivity contribution in [3.05, 3.63) is 82.4 Å². The van der Waals surface area contributed by atoms with Crippen LogP contribution in [0.25, 0.3) is 10.8 Å². The van der Waals surface area contributed by atoms with Crippen LogP contribution in [0.4, 0.5) is 0 Å². The van der Waals surface area contributed by atoms with E-state index in [4.69, 9.17) is 4.84 Å². The van der Waals surface area contributed by atoms with Gasteiger partial charge in [-0.1, -0.05) is 0 Å². The fourth-order valence-electron chi connectivity index (χ4n) is 3.44. The fourth-order valence-corrected chi connectivity index (χ4v) is 5.85. The topological polar surface area (TPSA) is 21.6 Å². The molecule has 0 aliphatic carbocycles. The quantitative estimate of drug-likeness (QED) is 0.582. The molecule has 0 bridgehead atoms. The van der Waals surface area contributed by atoms with E-state index in [0.717, 1.165) is 4.61 Å². The standard InChI is InChI=1S/C21H19NOSe/c1-13-11-14(2)19(15(3)12-13)20-22-23-21(24-20)18-10-6-8-16-7-4-5-9-17(16)18/h4-12,21H,1-3H3. The molecule has 1 atom stereocenters. The Kier molecular flexibility index (Phi) is 3.91. The number of hydrogen-bond acceptors (Lipinski definition) is 2. The Morgan fingerprint density at radius 2 is 1.62 bits per heavy atom. The third kappa shape index (κ3) is 2.64. The average molecular weight is 380 g/mol. The number of hydrogen-bond donors (Lipinski definition) is 0. The Bertz CT molecular complexity index is 933. The van der Waals surface area contributed by atoms with E-state index in [1.165, 1.54) is 38.6 Å². The number of oxime groups is 1. The van der Waals surface area contributed by atoms with E-state index in [9.17, 15) is 0 Å². The molecular formula is C21H19NOSe. The molecule has 1 aliphatic rings. The summed E-state index contributed by atoms with van der Waals surface area (Å²) in [6.07, 6.45) is 0. The number of aryl methyl sites for hydroxylation is 3. The van der Waals surface area contributed by atoms with Gasteiger partial charge >= 0.3 is 149 Å². The van der Waals surface area contributed by atoms with Gasteiger partial charge in [-0.05, 0) is 0 Å². The van der Waals surface area contributed by atoms with Crippen molar-refractivity contribution in [3.8, 4) is 0 Å². The Morgan fingerprint density at radius 3 is 2.42 bits per heavy atom. The van der Waals surface area contributed by atoms with Crippen molar-refractivity contribution in [1.29, 1.82) is 0 Å². The van der Waals surface area contributed by atoms with Crippen molar-refractivity contribution >= 4 is 30.3 Å². The van der Waals surface area contributed by atoms with Crippen molar-refractivity contribution in [2.24, 2.45) is 5.16 Å². The monoisotopic (exact) mass is 381 g/mol. The van der Waals surface area contributed by atoms with Crippen LogP contribution < -0.4 is 0 Å². The van der Waals surface area contributed by atoms with Gasteiger partial charge in [0.2, 0.25) is 0 Å². The number of nitrogens with zero attached hydrogens (tertiary/aromatic N) is 1. The molecule has 24 heavy (non-hydrogen) atoms. The molecular weight excluding hydrogens is 361 g/mol. The van der Waals surface area contributed by atoms with Gasteiger partial charge in [-0.25, -0.2) is 0 Å². The summed E-state index contributed by atoms with van der Waals surface area (Å²) in [5, 5.41) is 7.04. The molecule has 0 N–H and O–H groups in total. The minimum atomic E-state index is 0.0544. The van der Waals surface area contributed by atoms with Gasteiger partial charge in [0, 0.05) is 0 Å². The first-order valence-corrected chi connectivity index (χ1v) is 9.94. The molecule has 3 aromatic rings. The zero-order valence-electron chi connectivity index (χ0n) is 14.0. The normalized spacial score (nSPS) is 17.0. The maximum absolute atomic E-state index is 5.87. The molecule has 0 fully saturated rings. The summed E-state index contributed by atoms with van der Waals surface area (Å²) < 4.78 is 1.12. The van der Waals surface area contributed by atoms with Crippen molar-refractivity contribution in [3.63, 3.8) is 0 Å². The van der Waals surface area contributed by atoms with Gasteiger partial charge in [-0.15, -0.1) is 0 Å². The van der Waals surface area contributed by atoms with Gasteiger partial charge in [0.05, 0.1) is 0 Å². The number of fused-ring (bicyclic) bond motifs is 1. The summed E-state index contributed by atoms with van der Waals surface area (Å²) >= 11 is 0.162. The van der Waals surface area contributed by atoms with Crippen LogP contribution in [-0.4, -0.2) is 19.6 Å². The second-order valence-corrected chi connectivity index (χ2v) is 8.50. The van der Waals surface area contributed by atoms with E-state index in [-0.39, 0.29) is 20.0 Å². The fraction of sp³-hybridized carbons (Fsp3) is 0.190. The summed E-state index contributed by atoms with van der Waals surface area (Å²) in [6, 6.07) is 19.4. The Morgan fingerprint density at radius 1 is 0.917 bits per heavy atom. The van der Waals surface area contributed by atoms with Gasteiger partial charge in [-0.3, -0.25) is 0 Å². The van der Waals surface area contributed by atoms with Crippen LogP contribution in [0.1, 0.15) is 32.8 Å². The van der Waals surface area contributed by atoms with E-state index in [2.05, 4.69) is 80.5 Å². The summed E-state index contributed by atoms with van der Waals surface area (Å²) in [4.78, 5) is 5.87. The third-order valence-electron chi connectivity index (χ3n) is 4.42. The molecule has 2 nitrogen and oxygen atoms in total. The number of benzene rings is 3. The van der Waals surface area contributed by atoms with E-state index in [1.54, 1.807) is 0 Å². The van der Waals surface area contributed by atoms with Gasteiger partial charge < -0.3 is 0 Å². The van der Waals surface area contributed by atoms with E-state index >= 15 is 0 Å². The second-order valence-electron chi connectivity index (χ2n) is 6.29. The molecule has 0 saturated carbocycles. The van der Waals surface area contributed by atoms with Gasteiger partial charge in [0.15, 0.2) is 0 Å². The molecule has 1 heterocycles. The molecule has 3 aromatic carbocycles. The third-order valence-corrected chi connectivity index (χ3v) is 6.63. The zero-order valence-corrected chi connectivity index (χ0v) is 15.8. The van der Waals surface area contributed by atoms with Crippen molar-refractivity contribution in [2.45, 2.75) is 25.8 Å². The Labute approximate surface area is 148 Å². The summed E-state index contributed by atoms with van der Waals surface area (Å²) in [6.45, 7) is 6.47. The predicted molar refractivity (Wildman–Crippen MR) is 101 cm³/mol. The Hall–Kier alpha value is -2.09. The molecule has 0 spiro atoms. The molecule has 0 radical (unpaired) electrons. The van der Waals surface area contributed by atoms with Gasteiger partial charge in [0.25, 0.3) is 0 Å². The van der Waals surface area contributed by atoms with Crippen LogP contribution in [0, 0.1) is 20.8 Å². The number of rotatable bonds is 2. The van der Waals surface area contributed by atoms with Crippen LogP contribution in [0.3, 0.4) is 0 Å². The zero-order chi connectivity index (χ0) is 16.7. The SMILES string of the molecule is Cc1cc(C)c(C2=NOC(c3cccc4ccccc34)[Se]2)c(C)c1. The first-order chi connectivity index (χ1) is 11.6. The van der Waals surface area contributed by atoms with Crippen molar-refractivity contribution in [1.82, 2.24) is 0 Å². The molecule has 1 unspecified atom stereocenters. The molecule has 0 aromatic heterocycles. The second kappa shape index (κ2) is 6.08. The Balaban J connectivity index is 1.69. The maximum atomic E-state index is 5.87. The summed E-state index contributed by atoms with van der Waals surface area (Å²) in [5.41, 5.74) is 6.38. The van der Waals surface area contributed by atoms with E-state index in [1.807, 2.05) is 0 Å². The summed E-state index contributed by atoms with van der Waals surface area (Å²) in [7, 11) is 0. The van der Waals surface area contributed by atoms with E-state index < -0.39 is 0 Å². The average Bonchev–Trinajstić information content (AvgIpc) is 3.02. The summed E-state index contributed by atoms with van der Waals surface area (Å²) in [5.74, 6) is 0. The predicted octanol–water partition coefficient (Wildman–Crippen LogP) is 4.86. The van der Waals surface area contributed by atoms with Crippen molar-refractivity contribution < 1.29 is 4.84 Å². The molecule has 0 amide bonds. The van der Waals surface area contributed by atoms with E-state index in [0.29, 0.717) is 0 Å². The van der Waals surface area contributed by atoms with Crippen LogP contribution in [0.2, 0.25) is 0 Å². The molecule has 1 aliphatic heterocycles. The molecule has 120 valence electrons. The molecule has 4 rings (SSSR count). The first-order valence-electron chi connectivity index (χ1n) is 8.10. The molecule has 0 saturated heterocycles. The van der Waals surface area contributed by atoms with Crippen LogP contribution in [0.15, 0.2) is 59.8 Å².